The Bertz CT molecular complexity index is 516. The minimum atomic E-state index is -0.519. The van der Waals surface area contributed by atoms with Crippen LogP contribution >= 0.6 is 0 Å². The predicted molar refractivity (Wildman–Crippen MR) is 71.8 cm³/mol. The van der Waals surface area contributed by atoms with Crippen molar-refractivity contribution in [3.8, 4) is 0 Å². The molecule has 1 aromatic heterocycles. The minimum absolute atomic E-state index is 0.0472. The van der Waals surface area contributed by atoms with Crippen LogP contribution in [0.25, 0.3) is 0 Å². The quantitative estimate of drug-likeness (QED) is 0.783. The molecule has 2 aliphatic rings. The highest BCUT2D eigenvalue weighted by molar-refractivity contribution is 5.95. The summed E-state index contributed by atoms with van der Waals surface area (Å²) >= 11 is 0. The molecule has 2 aliphatic heterocycles. The van der Waals surface area contributed by atoms with Gasteiger partial charge in [-0.25, -0.2) is 9.97 Å². The summed E-state index contributed by atoms with van der Waals surface area (Å²) < 4.78 is 0. The zero-order valence-corrected chi connectivity index (χ0v) is 11.3. The van der Waals surface area contributed by atoms with Crippen molar-refractivity contribution in [2.24, 2.45) is 17.6 Å². The van der Waals surface area contributed by atoms with Crippen molar-refractivity contribution >= 4 is 11.7 Å². The molecule has 2 unspecified atom stereocenters. The van der Waals surface area contributed by atoms with Gasteiger partial charge in [-0.1, -0.05) is 0 Å². The van der Waals surface area contributed by atoms with Crippen LogP contribution in [0.5, 0.6) is 0 Å². The Morgan fingerprint density at radius 1 is 1.42 bits per heavy atom. The maximum Gasteiger partial charge on any atom is 0.271 e. The molecule has 0 aromatic carbocycles. The maximum absolute atomic E-state index is 11.5. The van der Waals surface area contributed by atoms with Gasteiger partial charge in [0, 0.05) is 37.6 Å². The highest BCUT2D eigenvalue weighted by Gasteiger charge is 2.50. The van der Waals surface area contributed by atoms with Crippen LogP contribution in [0.1, 0.15) is 24.3 Å². The molecule has 3 rings (SSSR count). The van der Waals surface area contributed by atoms with Crippen LogP contribution in [-0.4, -0.2) is 41.0 Å². The van der Waals surface area contributed by atoms with Gasteiger partial charge in [0.25, 0.3) is 5.91 Å². The van der Waals surface area contributed by atoms with E-state index < -0.39 is 5.91 Å². The van der Waals surface area contributed by atoms with Crippen LogP contribution in [0.2, 0.25) is 0 Å². The number of primary amides is 1. The summed E-state index contributed by atoms with van der Waals surface area (Å²) in [7, 11) is 0. The number of nitrogens with one attached hydrogen (secondary N) is 1. The number of aromatic nitrogens is 2. The lowest BCUT2D eigenvalue weighted by Crippen LogP contribution is -2.46. The summed E-state index contributed by atoms with van der Waals surface area (Å²) in [6.07, 6.45) is 3.12. The van der Waals surface area contributed by atoms with E-state index in [1.165, 1.54) is 6.20 Å². The number of amides is 1. The van der Waals surface area contributed by atoms with Crippen LogP contribution in [-0.2, 0) is 0 Å². The minimum Gasteiger partial charge on any atom is -0.364 e. The van der Waals surface area contributed by atoms with Crippen molar-refractivity contribution in [1.82, 2.24) is 15.3 Å². The Kier molecular flexibility index (Phi) is 2.70. The standard InChI is InChI=1S/C13H19N5O/c1-13(2)9-6-15-5-8(9)7-18(13)12-10(11(14)19)16-3-4-17-12/h3-4,8-9,15H,5-7H2,1-2H3,(H2,14,19). The van der Waals surface area contributed by atoms with Gasteiger partial charge in [-0.15, -0.1) is 0 Å². The number of carbonyl (C=O) groups excluding carboxylic acids is 1. The lowest BCUT2D eigenvalue weighted by atomic mass is 9.85. The van der Waals surface area contributed by atoms with Crippen molar-refractivity contribution in [2.75, 3.05) is 24.5 Å². The Morgan fingerprint density at radius 3 is 2.84 bits per heavy atom. The molecule has 1 amide bonds. The van der Waals surface area contributed by atoms with Gasteiger partial charge >= 0.3 is 0 Å². The molecule has 1 aromatic rings. The highest BCUT2D eigenvalue weighted by Crippen LogP contribution is 2.42. The molecule has 2 atom stereocenters. The zero-order chi connectivity index (χ0) is 13.6. The predicted octanol–water partition coefficient (Wildman–Crippen LogP) is 0.00970. The van der Waals surface area contributed by atoms with Gasteiger partial charge in [0.2, 0.25) is 0 Å². The number of anilines is 1. The normalized spacial score (nSPS) is 28.4. The van der Waals surface area contributed by atoms with Gasteiger partial charge in [0.15, 0.2) is 11.5 Å². The van der Waals surface area contributed by atoms with Gasteiger partial charge in [-0.3, -0.25) is 4.79 Å². The lowest BCUT2D eigenvalue weighted by Gasteiger charge is -2.36. The van der Waals surface area contributed by atoms with Crippen LogP contribution in [0, 0.1) is 11.8 Å². The molecule has 102 valence electrons. The Balaban J connectivity index is 2.01. The average Bonchev–Trinajstić information content (AvgIpc) is 2.92. The largest absolute Gasteiger partial charge is 0.364 e. The zero-order valence-electron chi connectivity index (χ0n) is 11.3. The Hall–Kier alpha value is -1.69. The smallest absolute Gasteiger partial charge is 0.271 e. The maximum atomic E-state index is 11.5. The van der Waals surface area contributed by atoms with Crippen molar-refractivity contribution in [2.45, 2.75) is 19.4 Å². The van der Waals surface area contributed by atoms with Crippen LogP contribution in [0.4, 0.5) is 5.82 Å². The fourth-order valence-electron chi connectivity index (χ4n) is 3.48. The van der Waals surface area contributed by atoms with Crippen LogP contribution in [0.3, 0.4) is 0 Å². The van der Waals surface area contributed by atoms with Crippen molar-refractivity contribution in [3.05, 3.63) is 18.1 Å². The van der Waals surface area contributed by atoms with E-state index in [0.29, 0.717) is 17.7 Å². The third-order valence-corrected chi connectivity index (χ3v) is 4.53. The molecule has 2 fully saturated rings. The molecule has 0 spiro atoms. The Labute approximate surface area is 112 Å². The monoisotopic (exact) mass is 261 g/mol. The first-order chi connectivity index (χ1) is 9.01. The fourth-order valence-corrected chi connectivity index (χ4v) is 3.48. The molecule has 2 saturated heterocycles. The third kappa shape index (κ3) is 1.78. The van der Waals surface area contributed by atoms with Crippen LogP contribution < -0.4 is 16.0 Å². The topological polar surface area (TPSA) is 84.1 Å². The SMILES string of the molecule is CC1(C)C2CNCC2CN1c1nccnc1C(N)=O. The van der Waals surface area contributed by atoms with Crippen molar-refractivity contribution in [3.63, 3.8) is 0 Å². The van der Waals surface area contributed by atoms with Crippen molar-refractivity contribution in [1.29, 1.82) is 0 Å². The molecule has 0 radical (unpaired) electrons. The molecule has 0 aliphatic carbocycles. The molecular formula is C13H19N5O. The number of rotatable bonds is 2. The van der Waals surface area contributed by atoms with E-state index in [9.17, 15) is 4.79 Å². The number of hydrogen-bond donors (Lipinski definition) is 2. The van der Waals surface area contributed by atoms with Gasteiger partial charge in [-0.2, -0.15) is 0 Å². The summed E-state index contributed by atoms with van der Waals surface area (Å²) in [6, 6.07) is 0. The molecule has 6 heteroatoms. The number of nitrogens with two attached hydrogens (primary N) is 1. The Morgan fingerprint density at radius 2 is 2.16 bits per heavy atom. The second-order valence-corrected chi connectivity index (χ2v) is 5.88. The molecular weight excluding hydrogens is 242 g/mol. The number of fused-ring (bicyclic) bond motifs is 1. The molecule has 3 N–H and O–H groups in total. The van der Waals surface area contributed by atoms with Crippen LogP contribution in [0.15, 0.2) is 12.4 Å². The summed E-state index contributed by atoms with van der Waals surface area (Å²) in [5.74, 6) is 1.26. The molecule has 3 heterocycles. The summed E-state index contributed by atoms with van der Waals surface area (Å²) in [5, 5.41) is 3.43. The molecule has 0 bridgehead atoms. The second kappa shape index (κ2) is 4.16. The summed E-state index contributed by atoms with van der Waals surface area (Å²) in [4.78, 5) is 22.1. The number of nitrogens with zero attached hydrogens (tertiary/aromatic N) is 3. The molecule has 6 nitrogen and oxygen atoms in total. The number of hydrogen-bond acceptors (Lipinski definition) is 5. The third-order valence-electron chi connectivity index (χ3n) is 4.53. The first kappa shape index (κ1) is 12.3. The van der Waals surface area contributed by atoms with E-state index in [0.717, 1.165) is 19.6 Å². The van der Waals surface area contributed by atoms with Gasteiger partial charge in [0.05, 0.1) is 0 Å². The molecule has 19 heavy (non-hydrogen) atoms. The van der Waals surface area contributed by atoms with Gasteiger partial charge in [-0.05, 0) is 25.7 Å². The highest BCUT2D eigenvalue weighted by atomic mass is 16.1. The average molecular weight is 261 g/mol. The lowest BCUT2D eigenvalue weighted by molar-refractivity contribution is 0.0995. The number of carbonyl (C=O) groups is 1. The van der Waals surface area contributed by atoms with E-state index in [1.807, 2.05) is 0 Å². The van der Waals surface area contributed by atoms with E-state index in [1.54, 1.807) is 6.20 Å². The van der Waals surface area contributed by atoms with Gasteiger partial charge < -0.3 is 16.0 Å². The van der Waals surface area contributed by atoms with E-state index in [-0.39, 0.29) is 11.2 Å². The van der Waals surface area contributed by atoms with E-state index in [2.05, 4.69) is 34.0 Å². The van der Waals surface area contributed by atoms with Crippen molar-refractivity contribution < 1.29 is 4.79 Å². The summed E-state index contributed by atoms with van der Waals surface area (Å²) in [5.41, 5.74) is 5.63. The van der Waals surface area contributed by atoms with E-state index >= 15 is 0 Å². The van der Waals surface area contributed by atoms with E-state index in [4.69, 9.17) is 5.73 Å². The second-order valence-electron chi connectivity index (χ2n) is 5.88. The molecule has 0 saturated carbocycles. The first-order valence-electron chi connectivity index (χ1n) is 6.61. The summed E-state index contributed by atoms with van der Waals surface area (Å²) in [6.45, 7) is 7.33. The fraction of sp³-hybridized carbons (Fsp3) is 0.615. The first-order valence-corrected chi connectivity index (χ1v) is 6.61. The van der Waals surface area contributed by atoms with Gasteiger partial charge in [0.1, 0.15) is 0 Å².